The van der Waals surface area contributed by atoms with Gasteiger partial charge in [0.25, 0.3) is 0 Å². The van der Waals surface area contributed by atoms with Gasteiger partial charge in [0, 0.05) is 12.0 Å². The fourth-order valence-corrected chi connectivity index (χ4v) is 3.12. The van der Waals surface area contributed by atoms with Crippen LogP contribution in [0.15, 0.2) is 24.3 Å². The lowest BCUT2D eigenvalue weighted by Crippen LogP contribution is -2.35. The average Bonchev–Trinajstić information content (AvgIpc) is 2.49. The Bertz CT molecular complexity index is 450. The quantitative estimate of drug-likeness (QED) is 0.807. The molecule has 0 aliphatic heterocycles. The predicted molar refractivity (Wildman–Crippen MR) is 81.1 cm³/mol. The van der Waals surface area contributed by atoms with Gasteiger partial charge in [-0.1, -0.05) is 31.4 Å². The third-order valence-electron chi connectivity index (χ3n) is 4.35. The molecule has 2 rings (SSSR count). The van der Waals surface area contributed by atoms with E-state index in [0.29, 0.717) is 19.6 Å². The van der Waals surface area contributed by atoms with E-state index in [4.69, 9.17) is 10.5 Å². The monoisotopic (exact) mass is 275 g/mol. The van der Waals surface area contributed by atoms with E-state index in [9.17, 15) is 4.79 Å². The van der Waals surface area contributed by atoms with E-state index in [1.807, 2.05) is 31.2 Å². The van der Waals surface area contributed by atoms with Crippen molar-refractivity contribution in [1.82, 2.24) is 0 Å². The molecule has 0 unspecified atom stereocenters. The summed E-state index contributed by atoms with van der Waals surface area (Å²) in [4.78, 5) is 12.5. The standard InChI is InChI=1S/C17H25NO2/c1-2-20-15-8-6-7-14(11-15)16(19)12-17(13-18)9-4-3-5-10-17/h6-8,11H,2-5,9-10,12-13,18H2,1H3. The topological polar surface area (TPSA) is 52.3 Å². The Hall–Kier alpha value is -1.35. The second-order valence-corrected chi connectivity index (χ2v) is 5.83. The molecule has 110 valence electrons. The van der Waals surface area contributed by atoms with Gasteiger partial charge in [-0.25, -0.2) is 0 Å². The molecule has 0 spiro atoms. The molecule has 1 saturated carbocycles. The molecule has 0 aromatic heterocycles. The highest BCUT2D eigenvalue weighted by Crippen LogP contribution is 2.39. The molecule has 0 bridgehead atoms. The number of Topliss-reactive ketones (excluding diaryl/α,β-unsaturated/α-hetero) is 1. The zero-order valence-electron chi connectivity index (χ0n) is 12.4. The van der Waals surface area contributed by atoms with Crippen LogP contribution in [0.1, 0.15) is 55.8 Å². The third-order valence-corrected chi connectivity index (χ3v) is 4.35. The lowest BCUT2D eigenvalue weighted by molar-refractivity contribution is 0.0867. The van der Waals surface area contributed by atoms with E-state index in [-0.39, 0.29) is 11.2 Å². The van der Waals surface area contributed by atoms with Crippen LogP contribution < -0.4 is 10.5 Å². The summed E-state index contributed by atoms with van der Waals surface area (Å²) in [7, 11) is 0. The van der Waals surface area contributed by atoms with Crippen LogP contribution in [-0.2, 0) is 0 Å². The van der Waals surface area contributed by atoms with Crippen molar-refractivity contribution in [3.8, 4) is 5.75 Å². The molecule has 20 heavy (non-hydrogen) atoms. The predicted octanol–water partition coefficient (Wildman–Crippen LogP) is 3.57. The molecule has 3 heteroatoms. The van der Waals surface area contributed by atoms with E-state index in [1.54, 1.807) is 0 Å². The van der Waals surface area contributed by atoms with Crippen LogP contribution in [-0.4, -0.2) is 18.9 Å². The molecule has 1 aliphatic rings. The molecule has 1 fully saturated rings. The van der Waals surface area contributed by atoms with Crippen LogP contribution in [0.4, 0.5) is 0 Å². The second-order valence-electron chi connectivity index (χ2n) is 5.83. The summed E-state index contributed by atoms with van der Waals surface area (Å²) in [5, 5.41) is 0. The zero-order chi connectivity index (χ0) is 14.4. The number of hydrogen-bond acceptors (Lipinski definition) is 3. The largest absolute Gasteiger partial charge is 0.494 e. The van der Waals surface area contributed by atoms with Crippen molar-refractivity contribution >= 4 is 5.78 Å². The Balaban J connectivity index is 2.08. The second kappa shape index (κ2) is 6.89. The maximum atomic E-state index is 12.5. The van der Waals surface area contributed by atoms with Crippen LogP contribution in [0.3, 0.4) is 0 Å². The molecule has 0 saturated heterocycles. The highest BCUT2D eigenvalue weighted by Gasteiger charge is 2.33. The van der Waals surface area contributed by atoms with Crippen LogP contribution >= 0.6 is 0 Å². The van der Waals surface area contributed by atoms with Gasteiger partial charge in [0.2, 0.25) is 0 Å². The molecular formula is C17H25NO2. The van der Waals surface area contributed by atoms with Gasteiger partial charge < -0.3 is 10.5 Å². The minimum atomic E-state index is 0.0248. The third kappa shape index (κ3) is 3.60. The van der Waals surface area contributed by atoms with E-state index in [1.165, 1.54) is 19.3 Å². The molecule has 0 heterocycles. The first-order valence-electron chi connectivity index (χ1n) is 7.65. The van der Waals surface area contributed by atoms with E-state index in [2.05, 4.69) is 0 Å². The van der Waals surface area contributed by atoms with Gasteiger partial charge in [0.1, 0.15) is 5.75 Å². The SMILES string of the molecule is CCOc1cccc(C(=O)CC2(CN)CCCCC2)c1. The van der Waals surface area contributed by atoms with Gasteiger partial charge in [-0.3, -0.25) is 4.79 Å². The first-order chi connectivity index (χ1) is 9.69. The minimum Gasteiger partial charge on any atom is -0.494 e. The van der Waals surface area contributed by atoms with Crippen molar-refractivity contribution in [2.24, 2.45) is 11.1 Å². The van der Waals surface area contributed by atoms with Crippen molar-refractivity contribution in [1.29, 1.82) is 0 Å². The maximum absolute atomic E-state index is 12.5. The van der Waals surface area contributed by atoms with Gasteiger partial charge in [-0.2, -0.15) is 0 Å². The lowest BCUT2D eigenvalue weighted by Gasteiger charge is -2.35. The molecule has 3 nitrogen and oxygen atoms in total. The number of nitrogens with two attached hydrogens (primary N) is 1. The Labute approximate surface area is 121 Å². The van der Waals surface area contributed by atoms with Gasteiger partial charge >= 0.3 is 0 Å². The number of rotatable bonds is 6. The summed E-state index contributed by atoms with van der Waals surface area (Å²) in [6, 6.07) is 7.49. The number of hydrogen-bond donors (Lipinski definition) is 1. The molecule has 1 aromatic rings. The molecule has 0 atom stereocenters. The van der Waals surface area contributed by atoms with Crippen LogP contribution in [0, 0.1) is 5.41 Å². The van der Waals surface area contributed by atoms with Crippen LogP contribution in [0.5, 0.6) is 5.75 Å². The molecular weight excluding hydrogens is 250 g/mol. The number of ketones is 1. The Kier molecular flexibility index (Phi) is 5.18. The summed E-state index contributed by atoms with van der Waals surface area (Å²) in [5.41, 5.74) is 6.73. The summed E-state index contributed by atoms with van der Waals surface area (Å²) < 4.78 is 5.46. The summed E-state index contributed by atoms with van der Waals surface area (Å²) in [5.74, 6) is 0.961. The molecule has 1 aliphatic carbocycles. The first kappa shape index (κ1) is 15.0. The van der Waals surface area contributed by atoms with Gasteiger partial charge in [0.15, 0.2) is 5.78 Å². The normalized spacial score (nSPS) is 17.7. The maximum Gasteiger partial charge on any atom is 0.163 e. The number of benzene rings is 1. The summed E-state index contributed by atoms with van der Waals surface area (Å²) in [6.45, 7) is 3.17. The Morgan fingerprint density at radius 2 is 2.05 bits per heavy atom. The average molecular weight is 275 g/mol. The van der Waals surface area contributed by atoms with Crippen molar-refractivity contribution in [2.75, 3.05) is 13.2 Å². The fraction of sp³-hybridized carbons (Fsp3) is 0.588. The minimum absolute atomic E-state index is 0.0248. The van der Waals surface area contributed by atoms with Gasteiger partial charge in [-0.15, -0.1) is 0 Å². The summed E-state index contributed by atoms with van der Waals surface area (Å²) >= 11 is 0. The molecule has 0 radical (unpaired) electrons. The van der Waals surface area contributed by atoms with Crippen molar-refractivity contribution in [3.63, 3.8) is 0 Å². The van der Waals surface area contributed by atoms with E-state index >= 15 is 0 Å². The van der Waals surface area contributed by atoms with Gasteiger partial charge in [-0.05, 0) is 43.9 Å². The fourth-order valence-electron chi connectivity index (χ4n) is 3.12. The smallest absolute Gasteiger partial charge is 0.163 e. The Morgan fingerprint density at radius 1 is 1.30 bits per heavy atom. The lowest BCUT2D eigenvalue weighted by atomic mass is 9.70. The van der Waals surface area contributed by atoms with Crippen LogP contribution in [0.25, 0.3) is 0 Å². The first-order valence-corrected chi connectivity index (χ1v) is 7.65. The van der Waals surface area contributed by atoms with Crippen LogP contribution in [0.2, 0.25) is 0 Å². The number of carbonyl (C=O) groups excluding carboxylic acids is 1. The molecule has 1 aromatic carbocycles. The van der Waals surface area contributed by atoms with Crippen molar-refractivity contribution in [2.45, 2.75) is 45.4 Å². The number of ether oxygens (including phenoxy) is 1. The Morgan fingerprint density at radius 3 is 2.70 bits per heavy atom. The zero-order valence-corrected chi connectivity index (χ0v) is 12.4. The van der Waals surface area contributed by atoms with Gasteiger partial charge in [0.05, 0.1) is 6.61 Å². The number of carbonyl (C=O) groups is 1. The highest BCUT2D eigenvalue weighted by molar-refractivity contribution is 5.96. The molecule has 0 amide bonds. The highest BCUT2D eigenvalue weighted by atomic mass is 16.5. The van der Waals surface area contributed by atoms with E-state index < -0.39 is 0 Å². The summed E-state index contributed by atoms with van der Waals surface area (Å²) in [6.07, 6.45) is 6.41. The van der Waals surface area contributed by atoms with Crippen molar-refractivity contribution in [3.05, 3.63) is 29.8 Å². The van der Waals surface area contributed by atoms with E-state index in [0.717, 1.165) is 24.2 Å². The van der Waals surface area contributed by atoms with Crippen molar-refractivity contribution < 1.29 is 9.53 Å². The molecule has 2 N–H and O–H groups in total.